The molecule has 4 heterocycles. The number of aliphatic carboxylic acids is 1. The van der Waals surface area contributed by atoms with Crippen LogP contribution in [0.3, 0.4) is 0 Å². The standard InChI is InChI=1S/C30H28N4O5S2/c1-32-12-13-33(19-32)16-21-11-14-39-26(21)22-9-5-6-10-23(22)41-30(29(37)38)17-34-27(36)25(28(34)40-18-30)31-24(35)15-20-7-3-2-4-8-20/h2-14,19,25,28H,15-18H2,1H3,(H-,31,35,37,38)/p+1/t25-,28-,30?/m1/s1. The van der Waals surface area contributed by atoms with Crippen LogP contribution in [-0.4, -0.2) is 60.8 Å². The highest BCUT2D eigenvalue weighted by Gasteiger charge is 2.58. The van der Waals surface area contributed by atoms with E-state index in [0.29, 0.717) is 12.3 Å². The van der Waals surface area contributed by atoms with Crippen LogP contribution in [0.15, 0.2) is 95.0 Å². The Morgan fingerprint density at radius 1 is 1.17 bits per heavy atom. The number of hydrogen-bond donors (Lipinski definition) is 2. The molecule has 6 rings (SSSR count). The third-order valence-corrected chi connectivity index (χ3v) is 10.5. The molecule has 2 saturated heterocycles. The summed E-state index contributed by atoms with van der Waals surface area (Å²) in [5, 5.41) is 13.0. The maximum absolute atomic E-state index is 13.1. The van der Waals surface area contributed by atoms with Crippen molar-refractivity contribution in [1.82, 2.24) is 14.8 Å². The summed E-state index contributed by atoms with van der Waals surface area (Å²) in [4.78, 5) is 40.8. The number of hydrogen-bond acceptors (Lipinski definition) is 6. The Balaban J connectivity index is 1.18. The highest BCUT2D eigenvalue weighted by Crippen LogP contribution is 2.48. The maximum Gasteiger partial charge on any atom is 0.322 e. The Bertz CT molecular complexity index is 1600. The average Bonchev–Trinajstić information content (AvgIpc) is 3.61. The minimum absolute atomic E-state index is 0.0494. The van der Waals surface area contributed by atoms with E-state index in [1.54, 1.807) is 11.2 Å². The number of benzene rings is 2. The first-order chi connectivity index (χ1) is 19.8. The number of imidazole rings is 1. The molecule has 2 N–H and O–H groups in total. The van der Waals surface area contributed by atoms with Crippen molar-refractivity contribution in [2.75, 3.05) is 12.3 Å². The minimum atomic E-state index is -1.26. The number of nitrogens with zero attached hydrogens (tertiary/aromatic N) is 3. The number of nitrogens with one attached hydrogen (secondary N) is 1. The Labute approximate surface area is 245 Å². The highest BCUT2D eigenvalue weighted by atomic mass is 32.2. The number of carbonyl (C=O) groups excluding carboxylic acids is 2. The van der Waals surface area contributed by atoms with E-state index in [-0.39, 0.29) is 35.9 Å². The molecule has 11 heteroatoms. The van der Waals surface area contributed by atoms with E-state index in [1.165, 1.54) is 23.5 Å². The molecule has 1 unspecified atom stereocenters. The van der Waals surface area contributed by atoms with Gasteiger partial charge in [0.15, 0.2) is 0 Å². The summed E-state index contributed by atoms with van der Waals surface area (Å²) in [6, 6.07) is 18.2. The SMILES string of the molecule is C[n+]1ccn(Cc2ccoc2-c2ccccc2SC2(C(=O)O)CS[C@@H]3[C@H](NC(=O)Cc4ccccc4)C(=O)N3C2)c1. The monoisotopic (exact) mass is 589 g/mol. The minimum Gasteiger partial charge on any atom is -0.480 e. The normalized spacial score (nSPS) is 21.7. The van der Waals surface area contributed by atoms with E-state index in [4.69, 9.17) is 4.42 Å². The number of aromatic nitrogens is 2. The zero-order valence-electron chi connectivity index (χ0n) is 22.3. The van der Waals surface area contributed by atoms with E-state index in [9.17, 15) is 19.5 Å². The molecule has 0 saturated carbocycles. The van der Waals surface area contributed by atoms with Crippen LogP contribution in [0.25, 0.3) is 11.3 Å². The van der Waals surface area contributed by atoms with Crippen LogP contribution in [0, 0.1) is 0 Å². The quantitative estimate of drug-likeness (QED) is 0.228. The molecule has 210 valence electrons. The van der Waals surface area contributed by atoms with E-state index in [1.807, 2.05) is 95.6 Å². The molecular weight excluding hydrogens is 560 g/mol. The molecule has 0 aliphatic carbocycles. The van der Waals surface area contributed by atoms with Crippen LogP contribution in [-0.2, 0) is 34.4 Å². The van der Waals surface area contributed by atoms with Crippen molar-refractivity contribution in [3.63, 3.8) is 0 Å². The zero-order valence-corrected chi connectivity index (χ0v) is 23.9. The predicted octanol–water partition coefficient (Wildman–Crippen LogP) is 3.18. The van der Waals surface area contributed by atoms with Gasteiger partial charge in [-0.25, -0.2) is 9.13 Å². The van der Waals surface area contributed by atoms with Crippen LogP contribution in [0.5, 0.6) is 0 Å². The lowest BCUT2D eigenvalue weighted by atomic mass is 10.0. The smallest absolute Gasteiger partial charge is 0.322 e. The molecule has 4 aromatic rings. The first-order valence-corrected chi connectivity index (χ1v) is 15.0. The topological polar surface area (TPSA) is 109 Å². The second-order valence-electron chi connectivity index (χ2n) is 10.3. The van der Waals surface area contributed by atoms with Gasteiger partial charge >= 0.3 is 5.97 Å². The van der Waals surface area contributed by atoms with Crippen molar-refractivity contribution >= 4 is 41.3 Å². The molecule has 2 aromatic carbocycles. The van der Waals surface area contributed by atoms with Gasteiger partial charge in [0.1, 0.15) is 40.9 Å². The summed E-state index contributed by atoms with van der Waals surface area (Å²) in [5.41, 5.74) is 2.65. The molecule has 0 bridgehead atoms. The summed E-state index contributed by atoms with van der Waals surface area (Å²) >= 11 is 2.65. The van der Waals surface area contributed by atoms with Gasteiger partial charge in [-0.3, -0.25) is 14.4 Å². The van der Waals surface area contributed by atoms with Crippen LogP contribution >= 0.6 is 23.5 Å². The van der Waals surface area contributed by atoms with Gasteiger partial charge in [-0.05, 0) is 17.7 Å². The molecule has 41 heavy (non-hydrogen) atoms. The molecule has 3 atom stereocenters. The van der Waals surface area contributed by atoms with E-state index in [0.717, 1.165) is 21.6 Å². The van der Waals surface area contributed by atoms with Crippen molar-refractivity contribution in [3.8, 4) is 11.3 Å². The Hall–Kier alpha value is -3.96. The van der Waals surface area contributed by atoms with Gasteiger partial charge in [-0.1, -0.05) is 48.5 Å². The average molecular weight is 590 g/mol. The second kappa shape index (κ2) is 11.1. The van der Waals surface area contributed by atoms with Crippen LogP contribution in [0.1, 0.15) is 11.1 Å². The fourth-order valence-electron chi connectivity index (χ4n) is 5.23. The van der Waals surface area contributed by atoms with Crippen LogP contribution in [0.4, 0.5) is 0 Å². The highest BCUT2D eigenvalue weighted by molar-refractivity contribution is 8.05. The van der Waals surface area contributed by atoms with E-state index >= 15 is 0 Å². The van der Waals surface area contributed by atoms with Crippen molar-refractivity contribution in [1.29, 1.82) is 0 Å². The number of amides is 2. The number of aryl methyl sites for hydroxylation is 1. The van der Waals surface area contributed by atoms with Crippen molar-refractivity contribution in [2.24, 2.45) is 7.05 Å². The summed E-state index contributed by atoms with van der Waals surface area (Å²) in [6.45, 7) is 0.653. The lowest BCUT2D eigenvalue weighted by Gasteiger charge is -2.53. The number of carboxylic acids is 1. The van der Waals surface area contributed by atoms with Crippen molar-refractivity contribution in [2.45, 2.75) is 34.0 Å². The van der Waals surface area contributed by atoms with Gasteiger partial charge in [0, 0.05) is 28.3 Å². The van der Waals surface area contributed by atoms with Gasteiger partial charge in [-0.2, -0.15) is 0 Å². The Morgan fingerprint density at radius 2 is 1.95 bits per heavy atom. The second-order valence-corrected chi connectivity index (χ2v) is 12.8. The number of rotatable bonds is 9. The maximum atomic E-state index is 13.1. The summed E-state index contributed by atoms with van der Waals surface area (Å²) < 4.78 is 8.67. The predicted molar refractivity (Wildman–Crippen MR) is 155 cm³/mol. The number of fused-ring (bicyclic) bond motifs is 1. The number of thioether (sulfide) groups is 2. The van der Waals surface area contributed by atoms with Gasteiger partial charge in [0.05, 0.1) is 19.7 Å². The van der Waals surface area contributed by atoms with E-state index in [2.05, 4.69) is 5.32 Å². The lowest BCUT2D eigenvalue weighted by molar-refractivity contribution is -0.671. The zero-order chi connectivity index (χ0) is 28.6. The molecule has 2 aliphatic rings. The fraction of sp³-hybridized carbons (Fsp3) is 0.267. The van der Waals surface area contributed by atoms with E-state index < -0.39 is 16.8 Å². The van der Waals surface area contributed by atoms with Gasteiger partial charge in [-0.15, -0.1) is 23.5 Å². The first kappa shape index (κ1) is 27.2. The summed E-state index contributed by atoms with van der Waals surface area (Å²) in [6.07, 6.45) is 7.76. The van der Waals surface area contributed by atoms with Crippen molar-refractivity contribution in [3.05, 3.63) is 96.8 Å². The lowest BCUT2D eigenvalue weighted by Crippen LogP contribution is -2.74. The summed E-state index contributed by atoms with van der Waals surface area (Å²) in [7, 11) is 1.96. The molecule has 2 amide bonds. The van der Waals surface area contributed by atoms with Crippen LogP contribution in [0.2, 0.25) is 0 Å². The van der Waals surface area contributed by atoms with Crippen LogP contribution < -0.4 is 9.88 Å². The van der Waals surface area contributed by atoms with Gasteiger partial charge < -0.3 is 19.7 Å². The molecule has 0 spiro atoms. The van der Waals surface area contributed by atoms with Gasteiger partial charge in [0.25, 0.3) is 0 Å². The number of β-lactam (4-membered cyclic amide) rings is 1. The molecule has 9 nitrogen and oxygen atoms in total. The number of carboxylic acid groups (broad SMARTS) is 1. The number of furan rings is 1. The molecular formula is C30H29N4O5S2+. The third kappa shape index (κ3) is 5.39. The molecule has 2 fully saturated rings. The summed E-state index contributed by atoms with van der Waals surface area (Å²) in [5.74, 6) is -0.488. The molecule has 0 radical (unpaired) electrons. The van der Waals surface area contributed by atoms with Crippen molar-refractivity contribution < 1.29 is 28.5 Å². The Kier molecular flexibility index (Phi) is 7.39. The first-order valence-electron chi connectivity index (χ1n) is 13.2. The Morgan fingerprint density at radius 3 is 2.71 bits per heavy atom. The number of carbonyl (C=O) groups is 3. The fourth-order valence-corrected chi connectivity index (χ4v) is 8.19. The third-order valence-electron chi connectivity index (χ3n) is 7.33. The molecule has 2 aliphatic heterocycles. The largest absolute Gasteiger partial charge is 0.480 e. The molecule has 2 aromatic heterocycles. The van der Waals surface area contributed by atoms with Gasteiger partial charge in [0.2, 0.25) is 18.1 Å².